The zero-order valence-corrected chi connectivity index (χ0v) is 13.9. The molecule has 0 bridgehead atoms. The van der Waals surface area contributed by atoms with Gasteiger partial charge in [0.1, 0.15) is 0 Å². The van der Waals surface area contributed by atoms with Crippen LogP contribution in [0.5, 0.6) is 0 Å². The minimum atomic E-state index is -3.64. The Morgan fingerprint density at radius 3 is 2.41 bits per heavy atom. The minimum Gasteiger partial charge on any atom is -0.341 e. The van der Waals surface area contributed by atoms with Crippen LogP contribution in [0.4, 0.5) is 0 Å². The van der Waals surface area contributed by atoms with Gasteiger partial charge in [0.25, 0.3) is 5.91 Å². The fourth-order valence-corrected chi connectivity index (χ4v) is 2.98. The molecule has 1 N–H and O–H groups in total. The molecule has 0 spiro atoms. The molecule has 22 heavy (non-hydrogen) atoms. The molecule has 1 rings (SSSR count). The van der Waals surface area contributed by atoms with Crippen LogP contribution < -0.4 is 4.72 Å². The summed E-state index contributed by atoms with van der Waals surface area (Å²) in [6, 6.07) is 7.65. The van der Waals surface area contributed by atoms with Crippen LogP contribution in [0.3, 0.4) is 0 Å². The molecule has 0 aliphatic heterocycles. The maximum atomic E-state index is 12.2. The van der Waals surface area contributed by atoms with Gasteiger partial charge in [-0.1, -0.05) is 13.8 Å². The summed E-state index contributed by atoms with van der Waals surface area (Å²) in [5, 5.41) is 8.42. The predicted octanol–water partition coefficient (Wildman–Crippen LogP) is 1.61. The number of sulfonamides is 1. The van der Waals surface area contributed by atoms with Gasteiger partial charge in [0, 0.05) is 32.1 Å². The third-order valence-corrected chi connectivity index (χ3v) is 4.40. The van der Waals surface area contributed by atoms with Gasteiger partial charge in [0.2, 0.25) is 10.0 Å². The number of rotatable bonds is 7. The monoisotopic (exact) mass is 323 g/mol. The van der Waals surface area contributed by atoms with Crippen LogP contribution in [0, 0.1) is 17.2 Å². The molecule has 0 radical (unpaired) electrons. The van der Waals surface area contributed by atoms with Crippen LogP contribution in [-0.4, -0.2) is 39.4 Å². The Labute approximate surface area is 131 Å². The third kappa shape index (κ3) is 5.13. The van der Waals surface area contributed by atoms with Crippen molar-refractivity contribution in [2.75, 3.05) is 20.1 Å². The van der Waals surface area contributed by atoms with Crippen molar-refractivity contribution < 1.29 is 13.2 Å². The number of hydrogen-bond donors (Lipinski definition) is 1. The molecule has 0 aliphatic rings. The van der Waals surface area contributed by atoms with Crippen LogP contribution in [0.1, 0.15) is 30.6 Å². The van der Waals surface area contributed by atoms with E-state index in [0.717, 1.165) is 0 Å². The molecule has 120 valence electrons. The molecule has 0 fully saturated rings. The molecule has 7 heteroatoms. The van der Waals surface area contributed by atoms with Gasteiger partial charge < -0.3 is 4.90 Å². The summed E-state index contributed by atoms with van der Waals surface area (Å²) in [5.74, 6) is 0.216. The molecular weight excluding hydrogens is 302 g/mol. The highest BCUT2D eigenvalue weighted by Crippen LogP contribution is 2.12. The molecule has 1 amide bonds. The Bertz CT molecular complexity index is 646. The van der Waals surface area contributed by atoms with E-state index in [1.54, 1.807) is 11.9 Å². The Morgan fingerprint density at radius 2 is 1.91 bits per heavy atom. The lowest BCUT2D eigenvalue weighted by atomic mass is 10.1. The third-order valence-electron chi connectivity index (χ3n) is 2.93. The standard InChI is InChI=1S/C15H21N3O3S/c1-12(2)11-18(3)15(19)13-5-7-14(8-6-13)22(20,21)17-10-4-9-16/h5-8,12,17H,4,10-11H2,1-3H3. The Morgan fingerprint density at radius 1 is 1.32 bits per heavy atom. The first-order chi connectivity index (χ1) is 10.3. The van der Waals surface area contributed by atoms with Gasteiger partial charge in [0.15, 0.2) is 0 Å². The Hall–Kier alpha value is -1.91. The van der Waals surface area contributed by atoms with Crippen molar-refractivity contribution in [1.82, 2.24) is 9.62 Å². The molecule has 0 unspecified atom stereocenters. The van der Waals surface area contributed by atoms with Crippen LogP contribution in [0.25, 0.3) is 0 Å². The van der Waals surface area contributed by atoms with Gasteiger partial charge in [0.05, 0.1) is 11.0 Å². The van der Waals surface area contributed by atoms with E-state index in [-0.39, 0.29) is 23.8 Å². The molecule has 0 aliphatic carbocycles. The Balaban J connectivity index is 2.82. The second-order valence-electron chi connectivity index (χ2n) is 5.41. The lowest BCUT2D eigenvalue weighted by Gasteiger charge is -2.19. The van der Waals surface area contributed by atoms with E-state index in [1.807, 2.05) is 19.9 Å². The fourth-order valence-electron chi connectivity index (χ4n) is 1.95. The van der Waals surface area contributed by atoms with Crippen molar-refractivity contribution >= 4 is 15.9 Å². The van der Waals surface area contributed by atoms with Gasteiger partial charge >= 0.3 is 0 Å². The smallest absolute Gasteiger partial charge is 0.253 e. The maximum absolute atomic E-state index is 12.2. The van der Waals surface area contributed by atoms with Gasteiger partial charge in [-0.2, -0.15) is 5.26 Å². The summed E-state index contributed by atoms with van der Waals surface area (Å²) in [4.78, 5) is 13.9. The maximum Gasteiger partial charge on any atom is 0.253 e. The van der Waals surface area contributed by atoms with Crippen molar-refractivity contribution in [2.24, 2.45) is 5.92 Å². The molecule has 1 aromatic carbocycles. The van der Waals surface area contributed by atoms with Crippen LogP contribution >= 0.6 is 0 Å². The first-order valence-electron chi connectivity index (χ1n) is 7.00. The zero-order chi connectivity index (χ0) is 16.8. The first-order valence-corrected chi connectivity index (χ1v) is 8.48. The summed E-state index contributed by atoms with van der Waals surface area (Å²) in [7, 11) is -1.92. The highest BCUT2D eigenvalue weighted by atomic mass is 32.2. The number of nitriles is 1. The van der Waals surface area contributed by atoms with Crippen molar-refractivity contribution in [3.05, 3.63) is 29.8 Å². The van der Waals surface area contributed by atoms with E-state index in [4.69, 9.17) is 5.26 Å². The predicted molar refractivity (Wildman–Crippen MR) is 83.7 cm³/mol. The summed E-state index contributed by atoms with van der Waals surface area (Å²) in [5.41, 5.74) is 0.444. The summed E-state index contributed by atoms with van der Waals surface area (Å²) >= 11 is 0. The number of nitrogens with zero attached hydrogens (tertiary/aromatic N) is 2. The van der Waals surface area contributed by atoms with Crippen LogP contribution in [0.2, 0.25) is 0 Å². The second kappa shape index (κ2) is 7.92. The Kier molecular flexibility index (Phi) is 6.53. The minimum absolute atomic E-state index is 0.0661. The topological polar surface area (TPSA) is 90.3 Å². The van der Waals surface area contributed by atoms with E-state index >= 15 is 0 Å². The SMILES string of the molecule is CC(C)CN(C)C(=O)c1ccc(S(=O)(=O)NCCC#N)cc1. The molecule has 0 atom stereocenters. The normalized spacial score (nSPS) is 11.2. The van der Waals surface area contributed by atoms with Gasteiger partial charge in [-0.05, 0) is 30.2 Å². The molecule has 0 aromatic heterocycles. The average molecular weight is 323 g/mol. The van der Waals surface area contributed by atoms with Crippen LogP contribution in [0.15, 0.2) is 29.2 Å². The van der Waals surface area contributed by atoms with Gasteiger partial charge in [-0.15, -0.1) is 0 Å². The van der Waals surface area contributed by atoms with E-state index in [9.17, 15) is 13.2 Å². The first kappa shape index (κ1) is 18.1. The van der Waals surface area contributed by atoms with Gasteiger partial charge in [-0.25, -0.2) is 13.1 Å². The highest BCUT2D eigenvalue weighted by Gasteiger charge is 2.16. The van der Waals surface area contributed by atoms with E-state index in [0.29, 0.717) is 18.0 Å². The lowest BCUT2D eigenvalue weighted by Crippen LogP contribution is -2.30. The van der Waals surface area contributed by atoms with Gasteiger partial charge in [-0.3, -0.25) is 4.79 Å². The van der Waals surface area contributed by atoms with E-state index in [2.05, 4.69) is 4.72 Å². The summed E-state index contributed by atoms with van der Waals surface area (Å²) < 4.78 is 26.2. The molecule has 6 nitrogen and oxygen atoms in total. The lowest BCUT2D eigenvalue weighted by molar-refractivity contribution is 0.0779. The number of benzene rings is 1. The number of carbonyl (C=O) groups is 1. The van der Waals surface area contributed by atoms with Crippen molar-refractivity contribution in [2.45, 2.75) is 25.2 Å². The fraction of sp³-hybridized carbons (Fsp3) is 0.467. The zero-order valence-electron chi connectivity index (χ0n) is 13.0. The van der Waals surface area contributed by atoms with Crippen molar-refractivity contribution in [3.8, 4) is 6.07 Å². The van der Waals surface area contributed by atoms with Crippen molar-refractivity contribution in [3.63, 3.8) is 0 Å². The largest absolute Gasteiger partial charge is 0.341 e. The number of carbonyl (C=O) groups excluding carboxylic acids is 1. The molecule has 0 heterocycles. The number of nitrogens with one attached hydrogen (secondary N) is 1. The summed E-state index contributed by atoms with van der Waals surface area (Å²) in [6.07, 6.45) is 0.107. The highest BCUT2D eigenvalue weighted by molar-refractivity contribution is 7.89. The van der Waals surface area contributed by atoms with E-state index < -0.39 is 10.0 Å². The second-order valence-corrected chi connectivity index (χ2v) is 7.18. The number of hydrogen-bond acceptors (Lipinski definition) is 4. The average Bonchev–Trinajstić information content (AvgIpc) is 2.46. The molecule has 0 saturated carbocycles. The van der Waals surface area contributed by atoms with Crippen LogP contribution in [-0.2, 0) is 10.0 Å². The molecule has 0 saturated heterocycles. The molecular formula is C15H21N3O3S. The van der Waals surface area contributed by atoms with E-state index in [1.165, 1.54) is 24.3 Å². The number of amides is 1. The van der Waals surface area contributed by atoms with Crippen molar-refractivity contribution in [1.29, 1.82) is 5.26 Å². The quantitative estimate of drug-likeness (QED) is 0.772. The summed E-state index contributed by atoms with van der Waals surface area (Å²) in [6.45, 7) is 4.74. The molecule has 1 aromatic rings.